The molecule has 0 radical (unpaired) electrons. The van der Waals surface area contributed by atoms with Crippen LogP contribution in [0.3, 0.4) is 0 Å². The van der Waals surface area contributed by atoms with Crippen LogP contribution in [0.25, 0.3) is 0 Å². The minimum Gasteiger partial charge on any atom is -1.00 e. The van der Waals surface area contributed by atoms with E-state index in [1.165, 1.54) is 50.6 Å². The van der Waals surface area contributed by atoms with Gasteiger partial charge in [-0.3, -0.25) is 4.48 Å². The summed E-state index contributed by atoms with van der Waals surface area (Å²) < 4.78 is 1.01. The van der Waals surface area contributed by atoms with Gasteiger partial charge >= 0.3 is 0 Å². The average molecular weight is 244 g/mol. The van der Waals surface area contributed by atoms with Gasteiger partial charge in [-0.1, -0.05) is 32.6 Å². The third kappa shape index (κ3) is 5.72. The maximum absolute atomic E-state index is 2.35. The Morgan fingerprint density at radius 1 is 1.06 bits per heavy atom. The van der Waals surface area contributed by atoms with Crippen LogP contribution in [0.15, 0.2) is 24.0 Å². The van der Waals surface area contributed by atoms with E-state index in [0.29, 0.717) is 0 Å². The summed E-state index contributed by atoms with van der Waals surface area (Å²) in [4.78, 5) is 0. The minimum absolute atomic E-state index is 0. The number of nitrogens with zero attached hydrogens (tertiary/aromatic N) is 1. The zero-order valence-corrected chi connectivity index (χ0v) is 11.8. The van der Waals surface area contributed by atoms with Crippen molar-refractivity contribution in [2.75, 3.05) is 13.6 Å². The van der Waals surface area contributed by atoms with E-state index in [1.54, 1.807) is 0 Å². The molecular formula is C14H26ClN. The second-order valence-corrected chi connectivity index (χ2v) is 5.03. The first-order valence-electron chi connectivity index (χ1n) is 6.40. The van der Waals surface area contributed by atoms with Gasteiger partial charge in [0.25, 0.3) is 0 Å². The Bertz CT molecular complexity index is 245. The number of halogens is 1. The lowest BCUT2D eigenvalue weighted by molar-refractivity contribution is -0.804. The summed E-state index contributed by atoms with van der Waals surface area (Å²) in [6.07, 6.45) is 15.2. The van der Waals surface area contributed by atoms with Crippen molar-refractivity contribution >= 4 is 0 Å². The fourth-order valence-electron chi connectivity index (χ4n) is 2.21. The fourth-order valence-corrected chi connectivity index (χ4v) is 2.21. The topological polar surface area (TPSA) is 0 Å². The van der Waals surface area contributed by atoms with Gasteiger partial charge in [0.1, 0.15) is 12.4 Å². The summed E-state index contributed by atoms with van der Waals surface area (Å²) in [6, 6.07) is 0. The fraction of sp³-hybridized carbons (Fsp3) is 0.714. The molecule has 0 saturated heterocycles. The third-order valence-electron chi connectivity index (χ3n) is 3.17. The monoisotopic (exact) mass is 243 g/mol. The molecule has 94 valence electrons. The summed E-state index contributed by atoms with van der Waals surface area (Å²) in [5.41, 5.74) is 1.41. The van der Waals surface area contributed by atoms with E-state index in [0.717, 1.165) is 4.48 Å². The first kappa shape index (κ1) is 15.7. The Morgan fingerprint density at radius 3 is 2.25 bits per heavy atom. The lowest BCUT2D eigenvalue weighted by atomic mass is 10.1. The van der Waals surface area contributed by atoms with Gasteiger partial charge in [0, 0.05) is 5.57 Å². The molecule has 0 amide bonds. The van der Waals surface area contributed by atoms with E-state index < -0.39 is 0 Å². The van der Waals surface area contributed by atoms with Crippen molar-refractivity contribution in [1.29, 1.82) is 0 Å². The standard InChI is InChI=1S/C14H26N.ClH/c1-4-5-6-7-8-9-11-15(3)12-10-14(2)13-15;/h10,12-13H,4-9,11H2,1-3H3;1H/q+1;/p-1. The maximum atomic E-state index is 2.35. The molecule has 1 nitrogen and oxygen atoms in total. The summed E-state index contributed by atoms with van der Waals surface area (Å²) >= 11 is 0. The number of allylic oxidation sites excluding steroid dienone is 2. The van der Waals surface area contributed by atoms with Gasteiger partial charge in [-0.15, -0.1) is 0 Å². The SMILES string of the molecule is CCCCCCCC[N+]1(C)C=CC(C)=C1.[Cl-]. The Balaban J connectivity index is 0.00000225. The van der Waals surface area contributed by atoms with Crippen molar-refractivity contribution in [3.63, 3.8) is 0 Å². The third-order valence-corrected chi connectivity index (χ3v) is 3.17. The largest absolute Gasteiger partial charge is 1.00 e. The lowest BCUT2D eigenvalue weighted by Gasteiger charge is -2.23. The highest BCUT2D eigenvalue weighted by atomic mass is 35.5. The van der Waals surface area contributed by atoms with Crippen LogP contribution in [0.1, 0.15) is 52.4 Å². The molecule has 1 heterocycles. The van der Waals surface area contributed by atoms with Crippen LogP contribution in [0.4, 0.5) is 0 Å². The molecule has 1 rings (SSSR count). The maximum Gasteiger partial charge on any atom is 0.103 e. The van der Waals surface area contributed by atoms with Gasteiger partial charge in [0.15, 0.2) is 0 Å². The smallest absolute Gasteiger partial charge is 0.103 e. The second-order valence-electron chi connectivity index (χ2n) is 5.03. The number of hydrogen-bond acceptors (Lipinski definition) is 0. The zero-order chi connectivity index (χ0) is 11.1. The lowest BCUT2D eigenvalue weighted by Crippen LogP contribution is -3.00. The van der Waals surface area contributed by atoms with E-state index in [-0.39, 0.29) is 12.4 Å². The van der Waals surface area contributed by atoms with Crippen molar-refractivity contribution in [1.82, 2.24) is 0 Å². The van der Waals surface area contributed by atoms with Gasteiger partial charge in [-0.25, -0.2) is 0 Å². The van der Waals surface area contributed by atoms with Crippen molar-refractivity contribution in [3.05, 3.63) is 24.0 Å². The molecule has 0 aromatic heterocycles. The molecule has 0 aromatic carbocycles. The predicted molar refractivity (Wildman–Crippen MR) is 67.3 cm³/mol. The number of quaternary nitrogens is 1. The first-order chi connectivity index (χ1) is 7.16. The summed E-state index contributed by atoms with van der Waals surface area (Å²) in [7, 11) is 2.29. The van der Waals surface area contributed by atoms with E-state index in [4.69, 9.17) is 0 Å². The van der Waals surface area contributed by atoms with Crippen molar-refractivity contribution in [3.8, 4) is 0 Å². The Hall–Kier alpha value is -0.270. The van der Waals surface area contributed by atoms with Crippen LogP contribution in [-0.4, -0.2) is 18.1 Å². The van der Waals surface area contributed by atoms with E-state index in [9.17, 15) is 0 Å². The van der Waals surface area contributed by atoms with Gasteiger partial charge < -0.3 is 12.4 Å². The minimum atomic E-state index is 0. The van der Waals surface area contributed by atoms with Crippen molar-refractivity contribution in [2.24, 2.45) is 0 Å². The highest BCUT2D eigenvalue weighted by Crippen LogP contribution is 2.19. The van der Waals surface area contributed by atoms with Crippen LogP contribution >= 0.6 is 0 Å². The molecular weight excluding hydrogens is 218 g/mol. The van der Waals surface area contributed by atoms with Crippen molar-refractivity contribution in [2.45, 2.75) is 52.4 Å². The van der Waals surface area contributed by atoms with E-state index >= 15 is 0 Å². The van der Waals surface area contributed by atoms with E-state index in [1.807, 2.05) is 0 Å². The van der Waals surface area contributed by atoms with Gasteiger partial charge in [0.05, 0.1) is 13.6 Å². The van der Waals surface area contributed by atoms with Crippen LogP contribution in [0, 0.1) is 0 Å². The van der Waals surface area contributed by atoms with Crippen LogP contribution < -0.4 is 12.4 Å². The van der Waals surface area contributed by atoms with Crippen LogP contribution in [0.5, 0.6) is 0 Å². The number of rotatable bonds is 7. The first-order valence-corrected chi connectivity index (χ1v) is 6.40. The Morgan fingerprint density at radius 2 is 1.69 bits per heavy atom. The van der Waals surface area contributed by atoms with E-state index in [2.05, 4.69) is 39.4 Å². The van der Waals surface area contributed by atoms with Crippen LogP contribution in [-0.2, 0) is 0 Å². The summed E-state index contributed by atoms with van der Waals surface area (Å²) in [5, 5.41) is 0. The van der Waals surface area contributed by atoms with Gasteiger partial charge in [0.2, 0.25) is 0 Å². The molecule has 0 bridgehead atoms. The highest BCUT2D eigenvalue weighted by molar-refractivity contribution is 5.16. The highest BCUT2D eigenvalue weighted by Gasteiger charge is 2.19. The second kappa shape index (κ2) is 7.92. The van der Waals surface area contributed by atoms with Crippen molar-refractivity contribution < 1.29 is 16.9 Å². The predicted octanol–water partition coefficient (Wildman–Crippen LogP) is 1.23. The molecule has 1 aliphatic heterocycles. The molecule has 1 unspecified atom stereocenters. The molecule has 2 heteroatoms. The average Bonchev–Trinajstić information content (AvgIpc) is 2.53. The molecule has 0 aliphatic carbocycles. The molecule has 16 heavy (non-hydrogen) atoms. The Labute approximate surface area is 107 Å². The van der Waals surface area contributed by atoms with Crippen LogP contribution in [0.2, 0.25) is 0 Å². The normalized spacial score (nSPS) is 23.1. The zero-order valence-electron chi connectivity index (χ0n) is 11.0. The molecule has 1 aliphatic rings. The quantitative estimate of drug-likeness (QED) is 0.466. The molecule has 0 saturated carbocycles. The molecule has 0 fully saturated rings. The Kier molecular flexibility index (Phi) is 7.78. The molecule has 0 N–H and O–H groups in total. The molecule has 0 spiro atoms. The van der Waals surface area contributed by atoms with Gasteiger partial charge in [-0.05, 0) is 25.8 Å². The molecule has 0 aromatic rings. The number of unbranched alkanes of at least 4 members (excludes halogenated alkanes) is 5. The summed E-state index contributed by atoms with van der Waals surface area (Å²) in [5.74, 6) is 0. The number of hydrogen-bond donors (Lipinski definition) is 0. The van der Waals surface area contributed by atoms with Gasteiger partial charge in [-0.2, -0.15) is 0 Å². The molecule has 1 atom stereocenters. The summed E-state index contributed by atoms with van der Waals surface area (Å²) in [6.45, 7) is 5.72.